The van der Waals surface area contributed by atoms with Crippen molar-refractivity contribution in [3.05, 3.63) is 42.5 Å². The molecular weight excluding hydrogens is 316 g/mol. The van der Waals surface area contributed by atoms with Gasteiger partial charge in [0.1, 0.15) is 0 Å². The van der Waals surface area contributed by atoms with Crippen molar-refractivity contribution in [1.82, 2.24) is 4.90 Å². The zero-order valence-corrected chi connectivity index (χ0v) is 15.3. The van der Waals surface area contributed by atoms with Gasteiger partial charge in [-0.2, -0.15) is 0 Å². The molecule has 1 aromatic rings. The van der Waals surface area contributed by atoms with Gasteiger partial charge in [-0.15, -0.1) is 0 Å². The molecule has 0 aliphatic heterocycles. The Labute approximate surface area is 149 Å². The highest BCUT2D eigenvalue weighted by Gasteiger charge is 2.35. The number of anilines is 1. The minimum absolute atomic E-state index is 0.0120. The quantitative estimate of drug-likeness (QED) is 0.747. The van der Waals surface area contributed by atoms with E-state index in [1.165, 1.54) is 6.08 Å². The second-order valence-electron chi connectivity index (χ2n) is 7.73. The van der Waals surface area contributed by atoms with Crippen molar-refractivity contribution in [1.29, 1.82) is 0 Å². The van der Waals surface area contributed by atoms with Gasteiger partial charge in [0.05, 0.1) is 12.5 Å². The predicted octanol–water partition coefficient (Wildman–Crippen LogP) is 2.75. The van der Waals surface area contributed by atoms with Crippen LogP contribution in [-0.2, 0) is 16.0 Å². The lowest BCUT2D eigenvalue weighted by Crippen LogP contribution is -2.44. The van der Waals surface area contributed by atoms with Crippen molar-refractivity contribution in [2.24, 2.45) is 5.41 Å². The van der Waals surface area contributed by atoms with Gasteiger partial charge in [-0.25, -0.2) is 0 Å². The molecule has 5 heteroatoms. The summed E-state index contributed by atoms with van der Waals surface area (Å²) < 4.78 is 0. The number of rotatable bonds is 7. The lowest BCUT2D eigenvalue weighted by Gasteiger charge is -2.32. The van der Waals surface area contributed by atoms with E-state index < -0.39 is 6.10 Å². The van der Waals surface area contributed by atoms with E-state index in [9.17, 15) is 14.7 Å². The first-order valence-electron chi connectivity index (χ1n) is 8.70. The average molecular weight is 344 g/mol. The molecule has 2 rings (SSSR count). The van der Waals surface area contributed by atoms with Crippen LogP contribution >= 0.6 is 0 Å². The number of nitrogens with zero attached hydrogens (tertiary/aromatic N) is 1. The van der Waals surface area contributed by atoms with Crippen LogP contribution in [0.2, 0.25) is 0 Å². The molecule has 0 spiro atoms. The molecule has 25 heavy (non-hydrogen) atoms. The summed E-state index contributed by atoms with van der Waals surface area (Å²) >= 11 is 0. The van der Waals surface area contributed by atoms with E-state index in [2.05, 4.69) is 11.9 Å². The number of carbonyl (C=O) groups excluding carboxylic acids is 2. The van der Waals surface area contributed by atoms with E-state index in [4.69, 9.17) is 0 Å². The minimum Gasteiger partial charge on any atom is -0.391 e. The maximum Gasteiger partial charge on any atom is 0.247 e. The molecule has 1 aromatic carbocycles. The van der Waals surface area contributed by atoms with E-state index in [0.717, 1.165) is 18.4 Å². The number of hydrogen-bond acceptors (Lipinski definition) is 3. The standard InChI is InChI=1S/C20H28N2O3/c1-5-18(24)21-15-8-6-7-14(11-15)12-19(25)22(16-9-10-16)13-17(23)20(2,3)4/h5-8,11,16-17,23H,1,9-10,12-13H2,2-4H3,(H,21,24). The van der Waals surface area contributed by atoms with Crippen molar-refractivity contribution in [2.75, 3.05) is 11.9 Å². The molecule has 5 nitrogen and oxygen atoms in total. The van der Waals surface area contributed by atoms with Gasteiger partial charge in [0, 0.05) is 18.3 Å². The summed E-state index contributed by atoms with van der Waals surface area (Å²) in [6.45, 7) is 9.70. The molecular formula is C20H28N2O3. The van der Waals surface area contributed by atoms with Crippen LogP contribution in [-0.4, -0.2) is 40.5 Å². The molecule has 1 fully saturated rings. The van der Waals surface area contributed by atoms with E-state index in [1.807, 2.05) is 37.8 Å². The zero-order chi connectivity index (χ0) is 18.6. The smallest absolute Gasteiger partial charge is 0.247 e. The van der Waals surface area contributed by atoms with Crippen molar-refractivity contribution in [3.8, 4) is 0 Å². The lowest BCUT2D eigenvalue weighted by atomic mass is 9.88. The molecule has 1 aliphatic rings. The molecule has 1 aliphatic carbocycles. The average Bonchev–Trinajstić information content (AvgIpc) is 3.36. The highest BCUT2D eigenvalue weighted by atomic mass is 16.3. The number of amides is 2. The first kappa shape index (κ1) is 19.2. The van der Waals surface area contributed by atoms with E-state index in [0.29, 0.717) is 12.2 Å². The van der Waals surface area contributed by atoms with Crippen molar-refractivity contribution in [3.63, 3.8) is 0 Å². The number of benzene rings is 1. The van der Waals surface area contributed by atoms with Gasteiger partial charge in [0.25, 0.3) is 0 Å². The maximum absolute atomic E-state index is 12.8. The second kappa shape index (κ2) is 7.83. The summed E-state index contributed by atoms with van der Waals surface area (Å²) in [5.41, 5.74) is 1.22. The largest absolute Gasteiger partial charge is 0.391 e. The van der Waals surface area contributed by atoms with Crippen molar-refractivity contribution in [2.45, 2.75) is 52.2 Å². The predicted molar refractivity (Wildman–Crippen MR) is 99.2 cm³/mol. The topological polar surface area (TPSA) is 69.6 Å². The molecule has 1 unspecified atom stereocenters. The van der Waals surface area contributed by atoms with Crippen LogP contribution in [0.1, 0.15) is 39.2 Å². The molecule has 0 aromatic heterocycles. The fraction of sp³-hybridized carbons (Fsp3) is 0.500. The Morgan fingerprint density at radius 2 is 2.08 bits per heavy atom. The first-order valence-corrected chi connectivity index (χ1v) is 8.70. The third kappa shape index (κ3) is 5.71. The molecule has 1 saturated carbocycles. The highest BCUT2D eigenvalue weighted by Crippen LogP contribution is 2.30. The Morgan fingerprint density at radius 3 is 2.64 bits per heavy atom. The molecule has 1 atom stereocenters. The number of aliphatic hydroxyl groups excluding tert-OH is 1. The molecule has 136 valence electrons. The van der Waals surface area contributed by atoms with E-state index in [1.54, 1.807) is 12.1 Å². The summed E-state index contributed by atoms with van der Waals surface area (Å²) in [6, 6.07) is 7.50. The fourth-order valence-corrected chi connectivity index (χ4v) is 2.53. The normalized spacial score (nSPS) is 15.4. The van der Waals surface area contributed by atoms with Crippen LogP contribution in [0.25, 0.3) is 0 Å². The third-order valence-corrected chi connectivity index (χ3v) is 4.41. The molecule has 0 heterocycles. The summed E-state index contributed by atoms with van der Waals surface area (Å²) in [6.07, 6.45) is 2.90. The summed E-state index contributed by atoms with van der Waals surface area (Å²) in [5.74, 6) is -0.269. The molecule has 0 bridgehead atoms. The Kier molecular flexibility index (Phi) is 6.01. The summed E-state index contributed by atoms with van der Waals surface area (Å²) in [5, 5.41) is 13.1. The minimum atomic E-state index is -0.560. The summed E-state index contributed by atoms with van der Waals surface area (Å²) in [4.78, 5) is 26.0. The number of hydrogen-bond donors (Lipinski definition) is 2. The van der Waals surface area contributed by atoms with Gasteiger partial charge < -0.3 is 15.3 Å². The van der Waals surface area contributed by atoms with Gasteiger partial charge >= 0.3 is 0 Å². The molecule has 2 N–H and O–H groups in total. The monoisotopic (exact) mass is 344 g/mol. The van der Waals surface area contributed by atoms with Crippen LogP contribution in [0.15, 0.2) is 36.9 Å². The van der Waals surface area contributed by atoms with Gasteiger partial charge in [-0.3, -0.25) is 9.59 Å². The fourth-order valence-electron chi connectivity index (χ4n) is 2.53. The van der Waals surface area contributed by atoms with E-state index >= 15 is 0 Å². The molecule has 0 radical (unpaired) electrons. The SMILES string of the molecule is C=CC(=O)Nc1cccc(CC(=O)N(CC(O)C(C)(C)C)C2CC2)c1. The van der Waals surface area contributed by atoms with Crippen LogP contribution in [0.5, 0.6) is 0 Å². The Morgan fingerprint density at radius 1 is 1.40 bits per heavy atom. The Hall–Kier alpha value is -2.14. The Balaban J connectivity index is 2.04. The van der Waals surface area contributed by atoms with Crippen molar-refractivity contribution >= 4 is 17.5 Å². The van der Waals surface area contributed by atoms with Crippen LogP contribution in [0.3, 0.4) is 0 Å². The van der Waals surface area contributed by atoms with Crippen LogP contribution in [0.4, 0.5) is 5.69 Å². The highest BCUT2D eigenvalue weighted by molar-refractivity contribution is 5.98. The van der Waals surface area contributed by atoms with Gasteiger partial charge in [-0.05, 0) is 42.0 Å². The summed E-state index contributed by atoms with van der Waals surface area (Å²) in [7, 11) is 0. The van der Waals surface area contributed by atoms with Gasteiger partial charge in [0.2, 0.25) is 11.8 Å². The number of carbonyl (C=O) groups is 2. The number of nitrogens with one attached hydrogen (secondary N) is 1. The maximum atomic E-state index is 12.8. The third-order valence-electron chi connectivity index (χ3n) is 4.41. The second-order valence-corrected chi connectivity index (χ2v) is 7.73. The van der Waals surface area contributed by atoms with Gasteiger partial charge in [0.15, 0.2) is 0 Å². The lowest BCUT2D eigenvalue weighted by molar-refractivity contribution is -0.133. The zero-order valence-electron chi connectivity index (χ0n) is 15.3. The first-order chi connectivity index (χ1) is 11.7. The number of aliphatic hydroxyl groups is 1. The van der Waals surface area contributed by atoms with E-state index in [-0.39, 0.29) is 29.7 Å². The van der Waals surface area contributed by atoms with Crippen LogP contribution in [0, 0.1) is 5.41 Å². The van der Waals surface area contributed by atoms with Gasteiger partial charge in [-0.1, -0.05) is 39.5 Å². The molecule has 2 amide bonds. The van der Waals surface area contributed by atoms with Crippen LogP contribution < -0.4 is 5.32 Å². The molecule has 0 saturated heterocycles. The Bertz CT molecular complexity index is 645. The van der Waals surface area contributed by atoms with Crippen molar-refractivity contribution < 1.29 is 14.7 Å².